The van der Waals surface area contributed by atoms with Crippen LogP contribution in [-0.2, 0) is 0 Å². The van der Waals surface area contributed by atoms with E-state index in [9.17, 15) is 0 Å². The molecule has 0 spiro atoms. The number of nitrogens with zero attached hydrogens (tertiary/aromatic N) is 1. The summed E-state index contributed by atoms with van der Waals surface area (Å²) in [6.45, 7) is 3.37. The van der Waals surface area contributed by atoms with Crippen LogP contribution >= 0.6 is 11.6 Å². The zero-order valence-electron chi connectivity index (χ0n) is 5.50. The predicted molar refractivity (Wildman–Crippen MR) is 39.8 cm³/mol. The maximum absolute atomic E-state index is 8.61. The van der Waals surface area contributed by atoms with Crippen molar-refractivity contribution in [3.63, 3.8) is 0 Å². The minimum absolute atomic E-state index is 0.538. The zero-order chi connectivity index (χ0) is 7.28. The fourth-order valence-corrected chi connectivity index (χ4v) is 0.310. The van der Waals surface area contributed by atoms with Crippen LogP contribution in [0.25, 0.3) is 0 Å². The first-order valence-electron chi connectivity index (χ1n) is 2.70. The van der Waals surface area contributed by atoms with Crippen LogP contribution in [-0.4, -0.2) is 17.5 Å². The van der Waals surface area contributed by atoms with Gasteiger partial charge in [0, 0.05) is 6.21 Å². The first-order chi connectivity index (χ1) is 4.16. The Hall–Kier alpha value is -0.340. The van der Waals surface area contributed by atoms with Crippen molar-refractivity contribution < 1.29 is 5.11 Å². The normalized spacial score (nSPS) is 16.7. The third-order valence-electron chi connectivity index (χ3n) is 0.689. The smallest absolute Gasteiger partial charge is 0.142 e. The summed E-state index contributed by atoms with van der Waals surface area (Å²) in [5.41, 5.74) is 0. The molecule has 0 saturated heterocycles. The molecule has 0 rings (SSSR count). The molecule has 0 aliphatic heterocycles. The number of rotatable bonds is 2. The van der Waals surface area contributed by atoms with E-state index in [2.05, 4.69) is 4.99 Å². The molecule has 1 atom stereocenters. The highest BCUT2D eigenvalue weighted by Gasteiger charge is 1.85. The molecule has 0 radical (unpaired) electrons. The molecule has 52 valence electrons. The highest BCUT2D eigenvalue weighted by Crippen LogP contribution is 1.95. The number of aliphatic hydroxyl groups excluding tert-OH is 1. The average Bonchev–Trinajstić information content (AvgIpc) is 1.83. The van der Waals surface area contributed by atoms with Gasteiger partial charge in [-0.3, -0.25) is 4.99 Å². The molecule has 0 bridgehead atoms. The van der Waals surface area contributed by atoms with Crippen molar-refractivity contribution in [1.29, 1.82) is 0 Å². The van der Waals surface area contributed by atoms with Crippen molar-refractivity contribution in [2.75, 3.05) is 0 Å². The van der Waals surface area contributed by atoms with Gasteiger partial charge < -0.3 is 5.11 Å². The predicted octanol–water partition coefficient (Wildman–Crippen LogP) is 1.54. The van der Waals surface area contributed by atoms with Crippen molar-refractivity contribution in [3.05, 3.63) is 11.1 Å². The molecule has 3 heteroatoms. The van der Waals surface area contributed by atoms with Crippen molar-refractivity contribution in [3.8, 4) is 0 Å². The second kappa shape index (κ2) is 4.53. The zero-order valence-corrected chi connectivity index (χ0v) is 6.26. The molecular formula is C6H10ClNO. The van der Waals surface area contributed by atoms with Crippen molar-refractivity contribution >= 4 is 17.8 Å². The highest BCUT2D eigenvalue weighted by atomic mass is 35.5. The number of hydrogen-bond donors (Lipinski definition) is 1. The summed E-state index contributed by atoms with van der Waals surface area (Å²) in [4.78, 5) is 3.63. The van der Waals surface area contributed by atoms with Gasteiger partial charge in [0.2, 0.25) is 0 Å². The third kappa shape index (κ3) is 5.53. The van der Waals surface area contributed by atoms with Crippen molar-refractivity contribution in [2.45, 2.75) is 20.1 Å². The summed E-state index contributed by atoms with van der Waals surface area (Å²) in [6.07, 6.45) is 2.46. The Morgan fingerprint density at radius 3 is 2.67 bits per heavy atom. The maximum atomic E-state index is 8.61. The molecule has 0 aliphatic rings. The van der Waals surface area contributed by atoms with Crippen LogP contribution in [0.1, 0.15) is 13.8 Å². The van der Waals surface area contributed by atoms with Crippen molar-refractivity contribution in [2.24, 2.45) is 4.99 Å². The molecule has 2 nitrogen and oxygen atoms in total. The van der Waals surface area contributed by atoms with Crippen LogP contribution in [0.2, 0.25) is 0 Å². The fraction of sp³-hybridized carbons (Fsp3) is 0.500. The Labute approximate surface area is 59.9 Å². The molecule has 0 heterocycles. The van der Waals surface area contributed by atoms with Gasteiger partial charge in [-0.2, -0.15) is 0 Å². The van der Waals surface area contributed by atoms with Gasteiger partial charge in [0.05, 0.1) is 5.03 Å². The Balaban J connectivity index is 3.71. The van der Waals surface area contributed by atoms with E-state index in [0.717, 1.165) is 0 Å². The molecule has 9 heavy (non-hydrogen) atoms. The molecule has 0 fully saturated rings. The van der Waals surface area contributed by atoms with E-state index in [1.807, 2.05) is 0 Å². The van der Waals surface area contributed by atoms with Gasteiger partial charge >= 0.3 is 0 Å². The van der Waals surface area contributed by atoms with E-state index in [0.29, 0.717) is 5.03 Å². The molecular weight excluding hydrogens is 138 g/mol. The minimum Gasteiger partial charge on any atom is -0.372 e. The second-order valence-electron chi connectivity index (χ2n) is 1.58. The van der Waals surface area contributed by atoms with Gasteiger partial charge in [0.1, 0.15) is 6.23 Å². The van der Waals surface area contributed by atoms with Gasteiger partial charge in [-0.1, -0.05) is 17.7 Å². The summed E-state index contributed by atoms with van der Waals surface area (Å²) in [7, 11) is 0. The summed E-state index contributed by atoms with van der Waals surface area (Å²) < 4.78 is 0. The Bertz CT molecular complexity index is 129. The monoisotopic (exact) mass is 147 g/mol. The number of hydrogen-bond acceptors (Lipinski definition) is 2. The topological polar surface area (TPSA) is 32.6 Å². The lowest BCUT2D eigenvalue weighted by atomic mass is 10.5. The molecule has 0 aromatic heterocycles. The van der Waals surface area contributed by atoms with Gasteiger partial charge in [-0.05, 0) is 13.8 Å². The molecule has 0 aliphatic carbocycles. The lowest BCUT2D eigenvalue weighted by Crippen LogP contribution is -1.93. The summed E-state index contributed by atoms with van der Waals surface area (Å²) in [5, 5.41) is 9.15. The third-order valence-corrected chi connectivity index (χ3v) is 1.01. The first kappa shape index (κ1) is 8.66. The highest BCUT2D eigenvalue weighted by molar-refractivity contribution is 6.39. The molecule has 0 unspecified atom stereocenters. The molecule has 0 amide bonds. The molecule has 0 saturated carbocycles. The lowest BCUT2D eigenvalue weighted by Gasteiger charge is -1.91. The van der Waals surface area contributed by atoms with Gasteiger partial charge in [0.15, 0.2) is 0 Å². The van der Waals surface area contributed by atoms with Crippen LogP contribution in [0.3, 0.4) is 0 Å². The van der Waals surface area contributed by atoms with Gasteiger partial charge in [0.25, 0.3) is 0 Å². The van der Waals surface area contributed by atoms with Crippen LogP contribution in [0.15, 0.2) is 16.1 Å². The largest absolute Gasteiger partial charge is 0.372 e. The lowest BCUT2D eigenvalue weighted by molar-refractivity contribution is 0.206. The van der Waals surface area contributed by atoms with E-state index in [1.165, 1.54) is 6.21 Å². The number of allylic oxidation sites excluding steroid dienone is 2. The maximum Gasteiger partial charge on any atom is 0.142 e. The first-order valence-corrected chi connectivity index (χ1v) is 3.07. The minimum atomic E-state index is -0.668. The van der Waals surface area contributed by atoms with E-state index in [1.54, 1.807) is 19.9 Å². The van der Waals surface area contributed by atoms with Crippen LogP contribution < -0.4 is 0 Å². The standard InChI is InChI=1S/C6H10ClNO/c1-3-6(7)4-8-5(2)9/h3-5,9H,1-2H3/b6-3+,8-4?/t5-/m1/s1. The van der Waals surface area contributed by atoms with E-state index >= 15 is 0 Å². The van der Waals surface area contributed by atoms with Crippen LogP contribution in [0.4, 0.5) is 0 Å². The number of halogens is 1. The van der Waals surface area contributed by atoms with Gasteiger partial charge in [-0.15, -0.1) is 0 Å². The van der Waals surface area contributed by atoms with Gasteiger partial charge in [-0.25, -0.2) is 0 Å². The quantitative estimate of drug-likeness (QED) is 0.591. The fourth-order valence-electron chi connectivity index (χ4n) is 0.254. The number of aliphatic hydroxyl groups is 1. The van der Waals surface area contributed by atoms with Crippen LogP contribution in [0.5, 0.6) is 0 Å². The molecule has 0 aromatic carbocycles. The number of aliphatic imine (C=N–C) groups is 1. The summed E-state index contributed by atoms with van der Waals surface area (Å²) in [5.74, 6) is 0. The van der Waals surface area contributed by atoms with E-state index in [-0.39, 0.29) is 0 Å². The van der Waals surface area contributed by atoms with Crippen LogP contribution in [0, 0.1) is 0 Å². The Morgan fingerprint density at radius 2 is 2.33 bits per heavy atom. The van der Waals surface area contributed by atoms with Crippen molar-refractivity contribution in [1.82, 2.24) is 0 Å². The Kier molecular flexibility index (Phi) is 4.36. The second-order valence-corrected chi connectivity index (χ2v) is 2.02. The van der Waals surface area contributed by atoms with E-state index < -0.39 is 6.23 Å². The average molecular weight is 148 g/mol. The summed E-state index contributed by atoms with van der Waals surface area (Å²) in [6, 6.07) is 0. The SMILES string of the molecule is C/C=C(/Cl)C=N[C@@H](C)O. The Morgan fingerprint density at radius 1 is 1.78 bits per heavy atom. The van der Waals surface area contributed by atoms with E-state index in [4.69, 9.17) is 16.7 Å². The summed E-state index contributed by atoms with van der Waals surface area (Å²) >= 11 is 5.51. The molecule has 1 N–H and O–H groups in total. The molecule has 0 aromatic rings.